The summed E-state index contributed by atoms with van der Waals surface area (Å²) in [6, 6.07) is 18.6. The van der Waals surface area contributed by atoms with Crippen molar-refractivity contribution >= 4 is 39.6 Å². The molecule has 38 heavy (non-hydrogen) atoms. The van der Waals surface area contributed by atoms with Crippen molar-refractivity contribution in [3.8, 4) is 0 Å². The summed E-state index contributed by atoms with van der Waals surface area (Å²) in [5, 5.41) is 10.4. The summed E-state index contributed by atoms with van der Waals surface area (Å²) in [6.07, 6.45) is 1.60. The number of carbonyl (C=O) groups is 2. The standard InChI is InChI=1S/C30H36BrN5O2/c1-5-36(6-2)16-15-32-19-23-9-11-25(12-10-23)29(37)34-28-14-13-26(31)18-27(28)30(38)35-33-20-24-8-7-21(3)22(4)17-24/h7-14,17-18,20,32H,5-6,15-16,19H2,1-4H3,(H,34,37)(H,35,38)/b33-20+. The van der Waals surface area contributed by atoms with E-state index >= 15 is 0 Å². The zero-order valence-electron chi connectivity index (χ0n) is 22.5. The highest BCUT2D eigenvalue weighted by Crippen LogP contribution is 2.22. The number of aryl methyl sites for hydroxylation is 2. The number of benzene rings is 3. The molecule has 0 heterocycles. The average molecular weight is 579 g/mol. The van der Waals surface area contributed by atoms with Crippen molar-refractivity contribution in [3.63, 3.8) is 0 Å². The van der Waals surface area contributed by atoms with E-state index in [-0.39, 0.29) is 5.91 Å². The van der Waals surface area contributed by atoms with E-state index in [0.29, 0.717) is 16.8 Å². The van der Waals surface area contributed by atoms with E-state index in [1.165, 1.54) is 5.56 Å². The van der Waals surface area contributed by atoms with Gasteiger partial charge in [0.05, 0.1) is 17.5 Å². The van der Waals surface area contributed by atoms with Crippen LogP contribution in [0.5, 0.6) is 0 Å². The number of hydrogen-bond acceptors (Lipinski definition) is 5. The van der Waals surface area contributed by atoms with Gasteiger partial charge in [-0.15, -0.1) is 0 Å². The number of halogens is 1. The van der Waals surface area contributed by atoms with Crippen LogP contribution in [0, 0.1) is 13.8 Å². The van der Waals surface area contributed by atoms with Gasteiger partial charge in [-0.2, -0.15) is 5.10 Å². The molecule has 0 saturated carbocycles. The topological polar surface area (TPSA) is 85.8 Å². The minimum atomic E-state index is -0.423. The molecule has 0 unspecified atom stereocenters. The lowest BCUT2D eigenvalue weighted by Crippen LogP contribution is -2.31. The minimum absolute atomic E-state index is 0.291. The Morgan fingerprint density at radius 1 is 0.921 bits per heavy atom. The molecule has 0 aromatic heterocycles. The van der Waals surface area contributed by atoms with Crippen LogP contribution in [0.4, 0.5) is 5.69 Å². The van der Waals surface area contributed by atoms with Gasteiger partial charge in [-0.3, -0.25) is 9.59 Å². The van der Waals surface area contributed by atoms with E-state index < -0.39 is 5.91 Å². The Kier molecular flexibility index (Phi) is 11.2. The predicted molar refractivity (Wildman–Crippen MR) is 159 cm³/mol. The number of rotatable bonds is 12. The van der Waals surface area contributed by atoms with Gasteiger partial charge >= 0.3 is 0 Å². The van der Waals surface area contributed by atoms with Crippen molar-refractivity contribution in [1.29, 1.82) is 0 Å². The normalized spacial score (nSPS) is 11.2. The molecule has 0 fully saturated rings. The molecule has 0 aliphatic heterocycles. The third-order valence-corrected chi connectivity index (χ3v) is 6.92. The highest BCUT2D eigenvalue weighted by molar-refractivity contribution is 9.10. The monoisotopic (exact) mass is 577 g/mol. The first-order valence-electron chi connectivity index (χ1n) is 12.8. The molecular weight excluding hydrogens is 542 g/mol. The number of nitrogens with zero attached hydrogens (tertiary/aromatic N) is 2. The molecule has 0 atom stereocenters. The van der Waals surface area contributed by atoms with Crippen molar-refractivity contribution in [1.82, 2.24) is 15.6 Å². The lowest BCUT2D eigenvalue weighted by Gasteiger charge is -2.18. The van der Waals surface area contributed by atoms with E-state index in [4.69, 9.17) is 0 Å². The van der Waals surface area contributed by atoms with Crippen molar-refractivity contribution in [2.24, 2.45) is 5.10 Å². The zero-order chi connectivity index (χ0) is 27.5. The molecule has 3 aromatic rings. The number of nitrogens with one attached hydrogen (secondary N) is 3. The van der Waals surface area contributed by atoms with E-state index in [1.54, 1.807) is 36.5 Å². The van der Waals surface area contributed by atoms with Crippen LogP contribution in [0.2, 0.25) is 0 Å². The molecule has 3 rings (SSSR count). The molecule has 0 radical (unpaired) electrons. The van der Waals surface area contributed by atoms with Gasteiger partial charge in [0.25, 0.3) is 11.8 Å². The fraction of sp³-hybridized carbons (Fsp3) is 0.300. The van der Waals surface area contributed by atoms with Crippen LogP contribution >= 0.6 is 15.9 Å². The largest absolute Gasteiger partial charge is 0.321 e. The van der Waals surface area contributed by atoms with Gasteiger partial charge in [0.2, 0.25) is 0 Å². The Bertz CT molecular complexity index is 1270. The smallest absolute Gasteiger partial charge is 0.273 e. The second kappa shape index (κ2) is 14.6. The molecule has 8 heteroatoms. The van der Waals surface area contributed by atoms with Crippen LogP contribution in [-0.4, -0.2) is 49.1 Å². The Hall–Kier alpha value is -3.33. The molecule has 0 aliphatic carbocycles. The number of hydrogen-bond donors (Lipinski definition) is 3. The van der Waals surface area contributed by atoms with Crippen LogP contribution in [0.3, 0.4) is 0 Å². The lowest BCUT2D eigenvalue weighted by molar-refractivity contribution is 0.0956. The molecular formula is C30H36BrN5O2. The summed E-state index contributed by atoms with van der Waals surface area (Å²) >= 11 is 3.41. The molecule has 200 valence electrons. The summed E-state index contributed by atoms with van der Waals surface area (Å²) in [5.74, 6) is -0.714. The van der Waals surface area contributed by atoms with E-state index in [1.807, 2.05) is 44.2 Å². The van der Waals surface area contributed by atoms with Gasteiger partial charge in [0.1, 0.15) is 0 Å². The third-order valence-electron chi connectivity index (χ3n) is 6.43. The maximum Gasteiger partial charge on any atom is 0.273 e. The average Bonchev–Trinajstić information content (AvgIpc) is 2.92. The fourth-order valence-electron chi connectivity index (χ4n) is 3.86. The van der Waals surface area contributed by atoms with Gasteiger partial charge in [-0.1, -0.05) is 60.1 Å². The Balaban J connectivity index is 1.60. The summed E-state index contributed by atoms with van der Waals surface area (Å²) in [5.41, 5.74) is 8.11. The maximum atomic E-state index is 12.9. The second-order valence-corrected chi connectivity index (χ2v) is 10.0. The number of hydrazone groups is 1. The van der Waals surface area contributed by atoms with Gasteiger partial charge < -0.3 is 15.5 Å². The quantitative estimate of drug-likeness (QED) is 0.150. The van der Waals surface area contributed by atoms with E-state index in [2.05, 4.69) is 55.8 Å². The highest BCUT2D eigenvalue weighted by Gasteiger charge is 2.15. The molecule has 7 nitrogen and oxygen atoms in total. The number of likely N-dealkylation sites (N-methyl/N-ethyl adjacent to an activating group) is 1. The van der Waals surface area contributed by atoms with Gasteiger partial charge in [-0.25, -0.2) is 5.43 Å². The Morgan fingerprint density at radius 2 is 1.66 bits per heavy atom. The number of anilines is 1. The fourth-order valence-corrected chi connectivity index (χ4v) is 4.22. The predicted octanol–water partition coefficient (Wildman–Crippen LogP) is 5.51. The summed E-state index contributed by atoms with van der Waals surface area (Å²) in [7, 11) is 0. The summed E-state index contributed by atoms with van der Waals surface area (Å²) in [4.78, 5) is 28.2. The molecule has 3 aromatic carbocycles. The zero-order valence-corrected chi connectivity index (χ0v) is 24.1. The van der Waals surface area contributed by atoms with E-state index in [9.17, 15) is 9.59 Å². The number of amides is 2. The Labute approximate surface area is 233 Å². The first-order valence-corrected chi connectivity index (χ1v) is 13.6. The van der Waals surface area contributed by atoms with Crippen LogP contribution < -0.4 is 16.1 Å². The van der Waals surface area contributed by atoms with Crippen molar-refractivity contribution < 1.29 is 9.59 Å². The summed E-state index contributed by atoms with van der Waals surface area (Å²) in [6.45, 7) is 13.1. The molecule has 2 amide bonds. The van der Waals surface area contributed by atoms with Crippen LogP contribution in [0.15, 0.2) is 70.2 Å². The van der Waals surface area contributed by atoms with Crippen LogP contribution in [-0.2, 0) is 6.54 Å². The third kappa shape index (κ3) is 8.62. The molecule has 0 bridgehead atoms. The van der Waals surface area contributed by atoms with Gasteiger partial charge in [0, 0.05) is 29.7 Å². The van der Waals surface area contributed by atoms with Crippen molar-refractivity contribution in [3.05, 3.63) is 98.5 Å². The first-order chi connectivity index (χ1) is 18.3. The van der Waals surface area contributed by atoms with Crippen molar-refractivity contribution in [2.45, 2.75) is 34.2 Å². The first kappa shape index (κ1) is 29.2. The SMILES string of the molecule is CCN(CC)CCNCc1ccc(C(=O)Nc2ccc(Br)cc2C(=O)N/N=C/c2ccc(C)c(C)c2)cc1. The number of carbonyl (C=O) groups excluding carboxylic acids is 2. The maximum absolute atomic E-state index is 12.9. The lowest BCUT2D eigenvalue weighted by atomic mass is 10.1. The van der Waals surface area contributed by atoms with Crippen molar-refractivity contribution in [2.75, 3.05) is 31.5 Å². The van der Waals surface area contributed by atoms with Crippen LogP contribution in [0.25, 0.3) is 0 Å². The Morgan fingerprint density at radius 3 is 2.34 bits per heavy atom. The van der Waals surface area contributed by atoms with Gasteiger partial charge in [0.15, 0.2) is 0 Å². The second-order valence-electron chi connectivity index (χ2n) is 9.09. The van der Waals surface area contributed by atoms with E-state index in [0.717, 1.165) is 53.9 Å². The molecule has 3 N–H and O–H groups in total. The molecule has 0 spiro atoms. The minimum Gasteiger partial charge on any atom is -0.321 e. The molecule has 0 saturated heterocycles. The van der Waals surface area contributed by atoms with Crippen LogP contribution in [0.1, 0.15) is 56.8 Å². The van der Waals surface area contributed by atoms with Gasteiger partial charge in [-0.05, 0) is 79.5 Å². The molecule has 0 aliphatic rings. The highest BCUT2D eigenvalue weighted by atomic mass is 79.9. The summed E-state index contributed by atoms with van der Waals surface area (Å²) < 4.78 is 0.719.